The van der Waals surface area contributed by atoms with E-state index in [1.165, 1.54) is 0 Å². The van der Waals surface area contributed by atoms with Crippen LogP contribution in [0.1, 0.15) is 23.2 Å². The molecule has 0 amide bonds. The Bertz CT molecular complexity index is 1320. The number of aromatic nitrogens is 3. The minimum Gasteiger partial charge on any atom is -0.494 e. The van der Waals surface area contributed by atoms with Crippen molar-refractivity contribution in [1.29, 1.82) is 0 Å². The monoisotopic (exact) mass is 506 g/mol. The van der Waals surface area contributed by atoms with Gasteiger partial charge in [-0.25, -0.2) is 4.99 Å². The molecule has 0 saturated carbocycles. The molecule has 1 fully saturated rings. The molecule has 1 aliphatic rings. The van der Waals surface area contributed by atoms with Crippen molar-refractivity contribution >= 4 is 34.5 Å². The van der Waals surface area contributed by atoms with Crippen LogP contribution < -0.4 is 4.74 Å². The lowest BCUT2D eigenvalue weighted by molar-refractivity contribution is 0.145. The minimum atomic E-state index is 0.0495. The van der Waals surface area contributed by atoms with Crippen molar-refractivity contribution in [3.8, 4) is 11.6 Å². The first-order valence-electron chi connectivity index (χ1n) is 12.2. The van der Waals surface area contributed by atoms with Crippen LogP contribution in [0.15, 0.2) is 53.5 Å². The minimum absolute atomic E-state index is 0.0495. The zero-order valence-corrected chi connectivity index (χ0v) is 21.1. The van der Waals surface area contributed by atoms with E-state index in [1.807, 2.05) is 24.3 Å². The number of aliphatic imine (C=N–C) groups is 1. The number of piperazine rings is 1. The summed E-state index contributed by atoms with van der Waals surface area (Å²) >= 11 is 6.10. The lowest BCUT2D eigenvalue weighted by atomic mass is 10.1. The maximum absolute atomic E-state index is 10.2. The van der Waals surface area contributed by atoms with Crippen molar-refractivity contribution in [2.75, 3.05) is 46.4 Å². The first-order valence-corrected chi connectivity index (χ1v) is 12.6. The van der Waals surface area contributed by atoms with Crippen LogP contribution in [0, 0.1) is 0 Å². The van der Waals surface area contributed by atoms with Crippen molar-refractivity contribution in [1.82, 2.24) is 25.0 Å². The van der Waals surface area contributed by atoms with Gasteiger partial charge in [0.05, 0.1) is 12.2 Å². The number of nitrogens with one attached hydrogen (secondary N) is 2. The number of nitrogens with zero attached hydrogens (tertiary/aromatic N) is 4. The van der Waals surface area contributed by atoms with Gasteiger partial charge in [0.2, 0.25) is 0 Å². The molecule has 0 unspecified atom stereocenters. The number of fused-ring (bicyclic) bond motifs is 1. The largest absolute Gasteiger partial charge is 0.494 e. The van der Waals surface area contributed by atoms with Gasteiger partial charge in [0.1, 0.15) is 5.75 Å². The number of halogens is 1. The average molecular weight is 507 g/mol. The third-order valence-corrected chi connectivity index (χ3v) is 6.76. The predicted molar refractivity (Wildman–Crippen MR) is 144 cm³/mol. The molecular weight excluding hydrogens is 476 g/mol. The number of ether oxygens (including phenoxy) is 1. The third-order valence-electron chi connectivity index (χ3n) is 6.52. The van der Waals surface area contributed by atoms with Crippen LogP contribution in [0.3, 0.4) is 0 Å². The number of H-pyrrole nitrogens is 2. The highest BCUT2D eigenvalue weighted by atomic mass is 35.5. The van der Waals surface area contributed by atoms with E-state index in [4.69, 9.17) is 16.3 Å². The maximum atomic E-state index is 10.2. The second kappa shape index (κ2) is 11.2. The number of aromatic amines is 2. The second-order valence-corrected chi connectivity index (χ2v) is 9.69. The van der Waals surface area contributed by atoms with Crippen LogP contribution in [0.25, 0.3) is 10.9 Å². The van der Waals surface area contributed by atoms with Crippen LogP contribution in [0.5, 0.6) is 11.6 Å². The molecule has 2 aromatic heterocycles. The molecule has 9 heteroatoms. The summed E-state index contributed by atoms with van der Waals surface area (Å²) in [5, 5.41) is 19.0. The fourth-order valence-electron chi connectivity index (χ4n) is 4.41. The van der Waals surface area contributed by atoms with Gasteiger partial charge < -0.3 is 24.6 Å². The highest BCUT2D eigenvalue weighted by Gasteiger charge is 2.13. The molecule has 36 heavy (non-hydrogen) atoms. The standard InChI is InChI=1S/C27H31ClN6O2/c1-33-10-12-34(13-11-33)9-2-14-36-22-6-3-19(4-7-22)15-21-17-26(32-31-21)29-18-24-23-16-20(28)5-8-25(23)30-27(24)35/h3-8,16-18,30,35H,2,9-15H2,1H3,(H,31,32). The van der Waals surface area contributed by atoms with Crippen LogP contribution in [-0.4, -0.2) is 82.7 Å². The molecule has 3 N–H and O–H groups in total. The van der Waals surface area contributed by atoms with E-state index in [0.29, 0.717) is 22.8 Å². The Balaban J connectivity index is 1.12. The molecule has 1 aliphatic heterocycles. The zero-order chi connectivity index (χ0) is 24.9. The van der Waals surface area contributed by atoms with Crippen LogP contribution >= 0.6 is 11.6 Å². The molecule has 2 aromatic carbocycles. The van der Waals surface area contributed by atoms with E-state index in [1.54, 1.807) is 18.3 Å². The summed E-state index contributed by atoms with van der Waals surface area (Å²) in [6, 6.07) is 15.5. The number of benzene rings is 2. The molecule has 188 valence electrons. The van der Waals surface area contributed by atoms with Gasteiger partial charge in [-0.1, -0.05) is 23.7 Å². The van der Waals surface area contributed by atoms with Crippen LogP contribution in [0.4, 0.5) is 5.82 Å². The molecule has 8 nitrogen and oxygen atoms in total. The van der Waals surface area contributed by atoms with Gasteiger partial charge in [-0.15, -0.1) is 0 Å². The van der Waals surface area contributed by atoms with E-state index in [9.17, 15) is 5.11 Å². The normalized spacial score (nSPS) is 15.3. The highest BCUT2D eigenvalue weighted by molar-refractivity contribution is 6.31. The lowest BCUT2D eigenvalue weighted by Crippen LogP contribution is -2.44. The molecule has 3 heterocycles. The Morgan fingerprint density at radius 1 is 1.11 bits per heavy atom. The van der Waals surface area contributed by atoms with Gasteiger partial charge >= 0.3 is 0 Å². The van der Waals surface area contributed by atoms with Gasteiger partial charge in [-0.2, -0.15) is 5.10 Å². The van der Waals surface area contributed by atoms with Gasteiger partial charge in [-0.3, -0.25) is 5.10 Å². The molecule has 0 radical (unpaired) electrons. The molecular formula is C27H31ClN6O2. The first kappa shape index (κ1) is 24.4. The van der Waals surface area contributed by atoms with Crippen molar-refractivity contribution in [2.45, 2.75) is 12.8 Å². The number of likely N-dealkylation sites (N-methyl/N-ethyl adjacent to an activating group) is 1. The van der Waals surface area contributed by atoms with Gasteiger partial charge in [0.25, 0.3) is 0 Å². The van der Waals surface area contributed by atoms with Crippen molar-refractivity contribution in [3.05, 3.63) is 70.4 Å². The smallest absolute Gasteiger partial charge is 0.198 e. The fraction of sp³-hybridized carbons (Fsp3) is 0.333. The summed E-state index contributed by atoms with van der Waals surface area (Å²) in [7, 11) is 2.18. The van der Waals surface area contributed by atoms with E-state index >= 15 is 0 Å². The molecule has 1 saturated heterocycles. The summed E-state index contributed by atoms with van der Waals surface area (Å²) < 4.78 is 5.93. The van der Waals surface area contributed by atoms with Crippen LogP contribution in [-0.2, 0) is 6.42 Å². The summed E-state index contributed by atoms with van der Waals surface area (Å²) in [4.78, 5) is 12.2. The third kappa shape index (κ3) is 6.07. The van der Waals surface area contributed by atoms with E-state index in [0.717, 1.165) is 73.7 Å². The fourth-order valence-corrected chi connectivity index (χ4v) is 4.58. The summed E-state index contributed by atoms with van der Waals surface area (Å²) in [6.07, 6.45) is 3.34. The molecule has 4 aromatic rings. The number of hydrogen-bond acceptors (Lipinski definition) is 6. The average Bonchev–Trinajstić information content (AvgIpc) is 3.45. The van der Waals surface area contributed by atoms with E-state index in [2.05, 4.69) is 49.2 Å². The Hall–Kier alpha value is -3.33. The first-order chi connectivity index (χ1) is 17.5. The predicted octanol–water partition coefficient (Wildman–Crippen LogP) is 4.61. The topological polar surface area (TPSA) is 92.8 Å². The van der Waals surface area contributed by atoms with Crippen molar-refractivity contribution in [3.63, 3.8) is 0 Å². The Morgan fingerprint density at radius 3 is 2.72 bits per heavy atom. The van der Waals surface area contributed by atoms with Crippen molar-refractivity contribution < 1.29 is 9.84 Å². The van der Waals surface area contributed by atoms with Crippen LogP contribution in [0.2, 0.25) is 5.02 Å². The number of hydrogen-bond donors (Lipinski definition) is 3. The quantitative estimate of drug-likeness (QED) is 0.228. The Labute approximate surface area is 215 Å². The Kier molecular flexibility index (Phi) is 7.55. The summed E-state index contributed by atoms with van der Waals surface area (Å²) in [6.45, 7) is 6.40. The second-order valence-electron chi connectivity index (χ2n) is 9.25. The van der Waals surface area contributed by atoms with E-state index < -0.39 is 0 Å². The van der Waals surface area contributed by atoms with Crippen molar-refractivity contribution in [2.24, 2.45) is 4.99 Å². The van der Waals surface area contributed by atoms with Gasteiger partial charge in [-0.05, 0) is 49.4 Å². The van der Waals surface area contributed by atoms with Gasteiger partial charge in [0, 0.05) is 73.0 Å². The maximum Gasteiger partial charge on any atom is 0.198 e. The molecule has 0 atom stereocenters. The number of rotatable bonds is 9. The van der Waals surface area contributed by atoms with Gasteiger partial charge in [0.15, 0.2) is 11.7 Å². The lowest BCUT2D eigenvalue weighted by Gasteiger charge is -2.32. The summed E-state index contributed by atoms with van der Waals surface area (Å²) in [5.41, 5.74) is 3.48. The molecule has 5 rings (SSSR count). The summed E-state index contributed by atoms with van der Waals surface area (Å²) in [5.74, 6) is 1.49. The van der Waals surface area contributed by atoms with E-state index in [-0.39, 0.29) is 5.88 Å². The molecule has 0 spiro atoms. The Morgan fingerprint density at radius 2 is 1.92 bits per heavy atom. The SMILES string of the molecule is CN1CCN(CCCOc2ccc(Cc3cc(N=Cc4c(O)[nH]c5ccc(Cl)cc45)n[nH]3)cc2)CC1. The molecule has 0 aliphatic carbocycles. The highest BCUT2D eigenvalue weighted by Crippen LogP contribution is 2.28. The zero-order valence-electron chi connectivity index (χ0n) is 20.4. The molecule has 0 bridgehead atoms. The number of aromatic hydroxyl groups is 1.